The molecular weight excluding hydrogens is 336 g/mol. The lowest BCUT2D eigenvalue weighted by Gasteiger charge is -2.32. The molecule has 0 atom stereocenters. The lowest BCUT2D eigenvalue weighted by atomic mass is 9.95. The summed E-state index contributed by atoms with van der Waals surface area (Å²) < 4.78 is 0. The van der Waals surface area contributed by atoms with Crippen LogP contribution in [0.25, 0.3) is 10.6 Å². The molecule has 25 heavy (non-hydrogen) atoms. The van der Waals surface area contributed by atoms with Gasteiger partial charge in [-0.15, -0.1) is 10.2 Å². The largest absolute Gasteiger partial charge is 0.342 e. The molecule has 0 saturated carbocycles. The number of likely N-dealkylation sites (tertiary alicyclic amines) is 1. The number of carbonyl (C=O) groups is 2. The highest BCUT2D eigenvalue weighted by Crippen LogP contribution is 2.27. The standard InChI is InChI=1S/C18H22N4O2S/c1-12(2)17(24)22-10-8-13(9-11-22)15(23)19-18-21-20-16(25-18)14-6-4-3-5-7-14/h3-7,12-13H,8-11H2,1-2H3,(H,19,21,23). The zero-order valence-corrected chi connectivity index (χ0v) is 15.3. The first-order chi connectivity index (χ1) is 12.0. The van der Waals surface area contributed by atoms with E-state index in [2.05, 4.69) is 15.5 Å². The molecule has 0 radical (unpaired) electrons. The van der Waals surface area contributed by atoms with Gasteiger partial charge in [0.1, 0.15) is 5.01 Å². The molecule has 1 saturated heterocycles. The molecule has 0 bridgehead atoms. The van der Waals surface area contributed by atoms with Crippen molar-refractivity contribution in [3.05, 3.63) is 30.3 Å². The van der Waals surface area contributed by atoms with Crippen LogP contribution in [0.4, 0.5) is 5.13 Å². The van der Waals surface area contributed by atoms with Crippen molar-refractivity contribution in [2.75, 3.05) is 18.4 Å². The summed E-state index contributed by atoms with van der Waals surface area (Å²) in [5.74, 6) is 0.0476. The minimum absolute atomic E-state index is 0.00294. The van der Waals surface area contributed by atoms with Gasteiger partial charge in [-0.3, -0.25) is 9.59 Å². The second-order valence-electron chi connectivity index (χ2n) is 6.52. The average Bonchev–Trinajstić information content (AvgIpc) is 3.10. The van der Waals surface area contributed by atoms with Crippen LogP contribution < -0.4 is 5.32 Å². The predicted octanol–water partition coefficient (Wildman–Crippen LogP) is 3.04. The van der Waals surface area contributed by atoms with Crippen LogP contribution in [0.15, 0.2) is 30.3 Å². The van der Waals surface area contributed by atoms with Crippen LogP contribution in [0.5, 0.6) is 0 Å². The van der Waals surface area contributed by atoms with Crippen LogP contribution >= 0.6 is 11.3 Å². The number of nitrogens with one attached hydrogen (secondary N) is 1. The van der Waals surface area contributed by atoms with Gasteiger partial charge in [0.25, 0.3) is 0 Å². The van der Waals surface area contributed by atoms with E-state index in [-0.39, 0.29) is 23.7 Å². The molecule has 7 heteroatoms. The van der Waals surface area contributed by atoms with E-state index in [9.17, 15) is 9.59 Å². The third-order valence-corrected chi connectivity index (χ3v) is 5.23. The van der Waals surface area contributed by atoms with Crippen molar-refractivity contribution in [1.82, 2.24) is 15.1 Å². The second-order valence-corrected chi connectivity index (χ2v) is 7.50. The minimum atomic E-state index is -0.0831. The van der Waals surface area contributed by atoms with Crippen molar-refractivity contribution < 1.29 is 9.59 Å². The van der Waals surface area contributed by atoms with Gasteiger partial charge in [0.05, 0.1) is 0 Å². The molecule has 1 fully saturated rings. The summed E-state index contributed by atoms with van der Waals surface area (Å²) in [5.41, 5.74) is 0.987. The maximum Gasteiger partial charge on any atom is 0.229 e. The molecule has 2 aromatic rings. The van der Waals surface area contributed by atoms with Crippen molar-refractivity contribution in [2.24, 2.45) is 11.8 Å². The summed E-state index contributed by atoms with van der Waals surface area (Å²) in [5, 5.41) is 12.4. The minimum Gasteiger partial charge on any atom is -0.342 e. The van der Waals surface area contributed by atoms with E-state index in [4.69, 9.17) is 0 Å². The van der Waals surface area contributed by atoms with Crippen molar-refractivity contribution >= 4 is 28.3 Å². The summed E-state index contributed by atoms with van der Waals surface area (Å²) in [6.07, 6.45) is 1.38. The Balaban J connectivity index is 1.55. The van der Waals surface area contributed by atoms with E-state index in [1.165, 1.54) is 11.3 Å². The number of amides is 2. The van der Waals surface area contributed by atoms with Crippen LogP contribution in [-0.4, -0.2) is 40.0 Å². The Morgan fingerprint density at radius 2 is 1.84 bits per heavy atom. The van der Waals surface area contributed by atoms with Gasteiger partial charge in [-0.1, -0.05) is 55.5 Å². The van der Waals surface area contributed by atoms with Crippen LogP contribution in [0.3, 0.4) is 0 Å². The van der Waals surface area contributed by atoms with E-state index in [1.54, 1.807) is 0 Å². The number of anilines is 1. The zero-order chi connectivity index (χ0) is 17.8. The molecule has 3 rings (SSSR count). The Morgan fingerprint density at radius 3 is 2.48 bits per heavy atom. The number of carbonyl (C=O) groups excluding carboxylic acids is 2. The highest BCUT2D eigenvalue weighted by Gasteiger charge is 2.28. The van der Waals surface area contributed by atoms with E-state index >= 15 is 0 Å². The molecule has 0 unspecified atom stereocenters. The molecule has 0 spiro atoms. The van der Waals surface area contributed by atoms with Gasteiger partial charge in [-0.25, -0.2) is 0 Å². The molecule has 1 aliphatic heterocycles. The Morgan fingerprint density at radius 1 is 1.16 bits per heavy atom. The first-order valence-electron chi connectivity index (χ1n) is 8.53. The molecule has 2 heterocycles. The van der Waals surface area contributed by atoms with E-state index in [1.807, 2.05) is 49.1 Å². The highest BCUT2D eigenvalue weighted by molar-refractivity contribution is 7.18. The smallest absolute Gasteiger partial charge is 0.229 e. The van der Waals surface area contributed by atoms with Gasteiger partial charge in [0.2, 0.25) is 16.9 Å². The van der Waals surface area contributed by atoms with Crippen LogP contribution in [0.2, 0.25) is 0 Å². The van der Waals surface area contributed by atoms with E-state index in [0.717, 1.165) is 10.6 Å². The summed E-state index contributed by atoms with van der Waals surface area (Å²) in [6.45, 7) is 5.09. The van der Waals surface area contributed by atoms with Crippen molar-refractivity contribution in [3.8, 4) is 10.6 Å². The number of hydrogen-bond donors (Lipinski definition) is 1. The topological polar surface area (TPSA) is 75.2 Å². The van der Waals surface area contributed by atoms with Crippen LogP contribution in [0.1, 0.15) is 26.7 Å². The van der Waals surface area contributed by atoms with Gasteiger partial charge < -0.3 is 10.2 Å². The number of piperidine rings is 1. The van der Waals surface area contributed by atoms with Gasteiger partial charge in [-0.2, -0.15) is 0 Å². The van der Waals surface area contributed by atoms with Gasteiger partial charge >= 0.3 is 0 Å². The maximum absolute atomic E-state index is 12.4. The number of rotatable bonds is 4. The number of hydrogen-bond acceptors (Lipinski definition) is 5. The Kier molecular flexibility index (Phi) is 5.43. The first-order valence-corrected chi connectivity index (χ1v) is 9.35. The van der Waals surface area contributed by atoms with Crippen LogP contribution in [-0.2, 0) is 9.59 Å². The fourth-order valence-corrected chi connectivity index (χ4v) is 3.66. The van der Waals surface area contributed by atoms with Gasteiger partial charge in [-0.05, 0) is 12.8 Å². The predicted molar refractivity (Wildman–Crippen MR) is 98.1 cm³/mol. The Bertz CT molecular complexity index is 737. The monoisotopic (exact) mass is 358 g/mol. The van der Waals surface area contributed by atoms with Gasteiger partial charge in [0.15, 0.2) is 0 Å². The van der Waals surface area contributed by atoms with E-state index in [0.29, 0.717) is 31.1 Å². The number of nitrogens with zero attached hydrogens (tertiary/aromatic N) is 3. The van der Waals surface area contributed by atoms with Crippen LogP contribution in [0, 0.1) is 11.8 Å². The molecule has 1 aliphatic rings. The molecular formula is C18H22N4O2S. The molecule has 6 nitrogen and oxygen atoms in total. The fourth-order valence-electron chi connectivity index (χ4n) is 2.91. The third-order valence-electron chi connectivity index (χ3n) is 4.35. The SMILES string of the molecule is CC(C)C(=O)N1CCC(C(=O)Nc2nnc(-c3ccccc3)s2)CC1. The molecule has 1 N–H and O–H groups in total. The lowest BCUT2D eigenvalue weighted by Crippen LogP contribution is -2.43. The summed E-state index contributed by atoms with van der Waals surface area (Å²) in [6, 6.07) is 9.77. The molecule has 2 amide bonds. The summed E-state index contributed by atoms with van der Waals surface area (Å²) >= 11 is 1.37. The van der Waals surface area contributed by atoms with E-state index < -0.39 is 0 Å². The molecule has 132 valence electrons. The summed E-state index contributed by atoms with van der Waals surface area (Å²) in [4.78, 5) is 26.3. The molecule has 1 aromatic carbocycles. The number of aromatic nitrogens is 2. The zero-order valence-electron chi connectivity index (χ0n) is 14.4. The second kappa shape index (κ2) is 7.74. The molecule has 0 aliphatic carbocycles. The van der Waals surface area contributed by atoms with Gasteiger partial charge in [0, 0.05) is 30.5 Å². The van der Waals surface area contributed by atoms with Crippen molar-refractivity contribution in [3.63, 3.8) is 0 Å². The molecule has 1 aromatic heterocycles. The number of benzene rings is 1. The normalized spacial score (nSPS) is 15.4. The average molecular weight is 358 g/mol. The van der Waals surface area contributed by atoms with Crippen molar-refractivity contribution in [1.29, 1.82) is 0 Å². The third kappa shape index (κ3) is 4.22. The summed E-state index contributed by atoms with van der Waals surface area (Å²) in [7, 11) is 0. The quantitative estimate of drug-likeness (QED) is 0.911. The van der Waals surface area contributed by atoms with Crippen molar-refractivity contribution in [2.45, 2.75) is 26.7 Å². The first kappa shape index (κ1) is 17.5. The lowest BCUT2D eigenvalue weighted by molar-refractivity contribution is -0.137. The highest BCUT2D eigenvalue weighted by atomic mass is 32.1. The maximum atomic E-state index is 12.4. The fraction of sp³-hybridized carbons (Fsp3) is 0.444. The Labute approximate surface area is 151 Å². The Hall–Kier alpha value is -2.28.